The Labute approximate surface area is 186 Å². The molecule has 1 aliphatic heterocycles. The number of rotatable bonds is 5. The van der Waals surface area contributed by atoms with Crippen molar-refractivity contribution in [3.8, 4) is 23.0 Å². The molecule has 1 aromatic carbocycles. The van der Waals surface area contributed by atoms with Crippen LogP contribution in [0.1, 0.15) is 19.2 Å². The summed E-state index contributed by atoms with van der Waals surface area (Å²) >= 11 is 0. The summed E-state index contributed by atoms with van der Waals surface area (Å²) in [4.78, 5) is 9.30. The van der Waals surface area contributed by atoms with E-state index in [0.29, 0.717) is 35.9 Å². The maximum Gasteiger partial charge on any atom is 0.268 e. The molecule has 164 valence electrons. The first-order chi connectivity index (χ1) is 15.5. The summed E-state index contributed by atoms with van der Waals surface area (Å²) < 4.78 is 37.5. The van der Waals surface area contributed by atoms with E-state index < -0.39 is 10.0 Å². The van der Waals surface area contributed by atoms with Crippen molar-refractivity contribution < 1.29 is 18.7 Å². The number of benzene rings is 1. The zero-order valence-electron chi connectivity index (χ0n) is 17.2. The van der Waals surface area contributed by atoms with Crippen LogP contribution in [0.2, 0.25) is 0 Å². The fraction of sp³-hybridized carbons (Fsp3) is 0.182. The molecule has 0 saturated heterocycles. The van der Waals surface area contributed by atoms with E-state index in [9.17, 15) is 8.42 Å². The van der Waals surface area contributed by atoms with Crippen molar-refractivity contribution in [2.75, 3.05) is 13.1 Å². The van der Waals surface area contributed by atoms with Gasteiger partial charge >= 0.3 is 0 Å². The predicted octanol–water partition coefficient (Wildman–Crippen LogP) is 3.82. The largest absolute Gasteiger partial charge is 0.471 e. The Morgan fingerprint density at radius 3 is 2.62 bits per heavy atom. The molecule has 5 rings (SSSR count). The van der Waals surface area contributed by atoms with Gasteiger partial charge in [0, 0.05) is 20.1 Å². The Bertz CT molecular complexity index is 1390. The molecule has 1 aliphatic rings. The van der Waals surface area contributed by atoms with E-state index >= 15 is 0 Å². The predicted molar refractivity (Wildman–Crippen MR) is 118 cm³/mol. The average molecular weight is 452 g/mol. The van der Waals surface area contributed by atoms with Crippen LogP contribution in [0.5, 0.6) is 0 Å². The lowest BCUT2D eigenvalue weighted by atomic mass is 10.1. The number of hydrogen-bond donors (Lipinski definition) is 0. The van der Waals surface area contributed by atoms with Crippen LogP contribution < -0.4 is 0 Å². The normalized spacial score (nSPS) is 15.0. The SMILES string of the molecule is Cc1ncc(C2=CCN(S(=O)(=O)c3ccoc3)CC2)nc1-c1nnc(-c2ccccc2)o1.[HH]. The smallest absolute Gasteiger partial charge is 0.268 e. The second kappa shape index (κ2) is 8.13. The number of aryl methyl sites for hydroxylation is 1. The molecule has 0 aliphatic carbocycles. The molecule has 0 N–H and O–H groups in total. The van der Waals surface area contributed by atoms with Crippen molar-refractivity contribution in [1.29, 1.82) is 0 Å². The summed E-state index contributed by atoms with van der Waals surface area (Å²) in [5, 5.41) is 8.28. The highest BCUT2D eigenvalue weighted by atomic mass is 32.2. The maximum absolute atomic E-state index is 12.7. The molecule has 3 aromatic heterocycles. The summed E-state index contributed by atoms with van der Waals surface area (Å²) in [5.74, 6) is 0.695. The summed E-state index contributed by atoms with van der Waals surface area (Å²) in [6, 6.07) is 10.9. The summed E-state index contributed by atoms with van der Waals surface area (Å²) in [7, 11) is -3.58. The molecule has 4 aromatic rings. The second-order valence-corrected chi connectivity index (χ2v) is 9.21. The minimum absolute atomic E-state index is 0. The van der Waals surface area contributed by atoms with E-state index in [1.54, 1.807) is 6.20 Å². The average Bonchev–Trinajstić information content (AvgIpc) is 3.53. The highest BCUT2D eigenvalue weighted by Crippen LogP contribution is 2.28. The van der Waals surface area contributed by atoms with Gasteiger partial charge in [0.2, 0.25) is 15.9 Å². The first-order valence-electron chi connectivity index (χ1n) is 9.97. The van der Waals surface area contributed by atoms with Crippen LogP contribution in [-0.4, -0.2) is 46.0 Å². The van der Waals surface area contributed by atoms with Crippen molar-refractivity contribution in [3.05, 3.63) is 72.6 Å². The third kappa shape index (κ3) is 3.74. The number of hydrogen-bond acceptors (Lipinski definition) is 8. The molecule has 4 heterocycles. The Kier molecular flexibility index (Phi) is 5.16. The van der Waals surface area contributed by atoms with E-state index in [4.69, 9.17) is 13.8 Å². The number of aromatic nitrogens is 4. The first kappa shape index (κ1) is 20.3. The van der Waals surface area contributed by atoms with Gasteiger partial charge in [0.1, 0.15) is 16.9 Å². The maximum atomic E-state index is 12.7. The van der Waals surface area contributed by atoms with Crippen LogP contribution in [0.3, 0.4) is 0 Å². The molecule has 0 fully saturated rings. The van der Waals surface area contributed by atoms with Crippen molar-refractivity contribution >= 4 is 15.6 Å². The molecule has 32 heavy (non-hydrogen) atoms. The molecule has 9 nitrogen and oxygen atoms in total. The molecular formula is C22H21N5O4S. The number of sulfonamides is 1. The molecule has 10 heteroatoms. The minimum Gasteiger partial charge on any atom is -0.471 e. The number of nitrogens with zero attached hydrogens (tertiary/aromatic N) is 5. The van der Waals surface area contributed by atoms with Gasteiger partial charge in [-0.15, -0.1) is 10.2 Å². The van der Waals surface area contributed by atoms with Crippen molar-refractivity contribution in [2.45, 2.75) is 18.2 Å². The topological polar surface area (TPSA) is 115 Å². The Morgan fingerprint density at radius 1 is 1.09 bits per heavy atom. The monoisotopic (exact) mass is 451 g/mol. The van der Waals surface area contributed by atoms with Crippen molar-refractivity contribution in [3.63, 3.8) is 0 Å². The summed E-state index contributed by atoms with van der Waals surface area (Å²) in [5.41, 5.74) is 3.57. The lowest BCUT2D eigenvalue weighted by Crippen LogP contribution is -2.34. The lowest BCUT2D eigenvalue weighted by Gasteiger charge is -2.25. The second-order valence-electron chi connectivity index (χ2n) is 7.27. The van der Waals surface area contributed by atoms with Gasteiger partial charge in [0.15, 0.2) is 0 Å². The highest BCUT2D eigenvalue weighted by Gasteiger charge is 2.28. The molecular weight excluding hydrogens is 430 g/mol. The van der Waals surface area contributed by atoms with Crippen LogP contribution in [0, 0.1) is 6.92 Å². The third-order valence-corrected chi connectivity index (χ3v) is 7.08. The molecule has 0 atom stereocenters. The van der Waals surface area contributed by atoms with Gasteiger partial charge in [-0.25, -0.2) is 13.4 Å². The van der Waals surface area contributed by atoms with Crippen LogP contribution in [0.4, 0.5) is 0 Å². The molecule has 0 amide bonds. The molecule has 0 bridgehead atoms. The zero-order chi connectivity index (χ0) is 22.1. The van der Waals surface area contributed by atoms with Gasteiger partial charge in [-0.05, 0) is 37.1 Å². The van der Waals surface area contributed by atoms with E-state index in [0.717, 1.165) is 11.1 Å². The lowest BCUT2D eigenvalue weighted by molar-refractivity contribution is 0.439. The minimum atomic E-state index is -3.58. The highest BCUT2D eigenvalue weighted by molar-refractivity contribution is 7.89. The van der Waals surface area contributed by atoms with Gasteiger partial charge in [-0.3, -0.25) is 4.98 Å². The van der Waals surface area contributed by atoms with Gasteiger partial charge < -0.3 is 8.83 Å². The Morgan fingerprint density at radius 2 is 1.91 bits per heavy atom. The molecule has 0 spiro atoms. The first-order valence-corrected chi connectivity index (χ1v) is 11.4. The molecule has 0 unspecified atom stereocenters. The Balaban J connectivity index is 0.00000259. The van der Waals surface area contributed by atoms with E-state index in [-0.39, 0.29) is 18.8 Å². The molecule has 0 saturated carbocycles. The van der Waals surface area contributed by atoms with E-state index in [1.165, 1.54) is 22.9 Å². The van der Waals surface area contributed by atoms with Crippen molar-refractivity contribution in [1.82, 2.24) is 24.5 Å². The van der Waals surface area contributed by atoms with Crippen LogP contribution in [-0.2, 0) is 10.0 Å². The van der Waals surface area contributed by atoms with Crippen LogP contribution in [0.15, 0.2) is 74.9 Å². The zero-order valence-corrected chi connectivity index (χ0v) is 18.0. The third-order valence-electron chi connectivity index (χ3n) is 5.24. The quantitative estimate of drug-likeness (QED) is 0.450. The fourth-order valence-corrected chi connectivity index (χ4v) is 4.78. The van der Waals surface area contributed by atoms with Gasteiger partial charge in [0.25, 0.3) is 5.89 Å². The van der Waals surface area contributed by atoms with Crippen LogP contribution in [0.25, 0.3) is 28.6 Å². The standard InChI is InChI=1S/C22H19N5O4S.H2/c1-15-20(22-26-25-21(31-22)17-5-3-2-4-6-17)24-19(13-23-15)16-7-10-27(11-8-16)32(28,29)18-9-12-30-14-18;/h2-7,9,12-14H,8,10-11H2,1H3;1H. The summed E-state index contributed by atoms with van der Waals surface area (Å²) in [6.45, 7) is 2.41. The molecule has 0 radical (unpaired) electrons. The summed E-state index contributed by atoms with van der Waals surface area (Å²) in [6.07, 6.45) is 6.63. The van der Waals surface area contributed by atoms with Gasteiger partial charge in [-0.1, -0.05) is 24.3 Å². The van der Waals surface area contributed by atoms with Gasteiger partial charge in [-0.2, -0.15) is 4.31 Å². The fourth-order valence-electron chi connectivity index (χ4n) is 3.47. The van der Waals surface area contributed by atoms with E-state index in [2.05, 4.69) is 15.2 Å². The van der Waals surface area contributed by atoms with Crippen LogP contribution >= 0.6 is 0 Å². The Hall–Kier alpha value is -3.63. The number of furan rings is 1. The van der Waals surface area contributed by atoms with Crippen molar-refractivity contribution in [2.24, 2.45) is 0 Å². The van der Waals surface area contributed by atoms with E-state index in [1.807, 2.05) is 43.3 Å². The van der Waals surface area contributed by atoms with Gasteiger partial charge in [0.05, 0.1) is 23.8 Å².